The summed E-state index contributed by atoms with van der Waals surface area (Å²) in [6, 6.07) is 7.34. The third kappa shape index (κ3) is 1.28. The van der Waals surface area contributed by atoms with Gasteiger partial charge in [-0.3, -0.25) is 4.79 Å². The highest BCUT2D eigenvalue weighted by Crippen LogP contribution is 2.18. The van der Waals surface area contributed by atoms with E-state index in [0.29, 0.717) is 11.4 Å². The van der Waals surface area contributed by atoms with Crippen LogP contribution in [0.25, 0.3) is 10.9 Å². The van der Waals surface area contributed by atoms with Crippen LogP contribution in [0.3, 0.4) is 0 Å². The molecule has 0 radical (unpaired) electrons. The summed E-state index contributed by atoms with van der Waals surface area (Å²) < 4.78 is 0. The molecule has 0 unspecified atom stereocenters. The van der Waals surface area contributed by atoms with Crippen LogP contribution < -0.4 is 5.73 Å². The normalized spacial score (nSPS) is 10.5. The van der Waals surface area contributed by atoms with E-state index >= 15 is 0 Å². The zero-order chi connectivity index (χ0) is 9.42. The molecule has 0 saturated carbocycles. The zero-order valence-corrected chi connectivity index (χ0v) is 7.29. The van der Waals surface area contributed by atoms with Crippen molar-refractivity contribution in [2.75, 3.05) is 5.73 Å². The van der Waals surface area contributed by atoms with Crippen molar-refractivity contribution in [1.82, 2.24) is 4.98 Å². The lowest BCUT2D eigenvalue weighted by atomic mass is 10.2. The maximum Gasteiger partial charge on any atom is 0.175 e. The molecule has 0 saturated heterocycles. The second kappa shape index (κ2) is 2.62. The van der Waals surface area contributed by atoms with Gasteiger partial charge in [-0.25, -0.2) is 0 Å². The molecular formula is C10H10N2O. The first-order valence-corrected chi connectivity index (χ1v) is 4.06. The van der Waals surface area contributed by atoms with E-state index in [1.807, 2.05) is 24.3 Å². The van der Waals surface area contributed by atoms with Crippen LogP contribution in [0.1, 0.15) is 17.4 Å². The quantitative estimate of drug-likeness (QED) is 0.512. The van der Waals surface area contributed by atoms with Gasteiger partial charge >= 0.3 is 0 Å². The van der Waals surface area contributed by atoms with Gasteiger partial charge in [-0.2, -0.15) is 0 Å². The average Bonchev–Trinajstić information content (AvgIpc) is 2.46. The maximum absolute atomic E-state index is 11.0. The Morgan fingerprint density at radius 3 is 2.85 bits per heavy atom. The van der Waals surface area contributed by atoms with Gasteiger partial charge in [0.1, 0.15) is 0 Å². The van der Waals surface area contributed by atoms with Gasteiger partial charge < -0.3 is 10.7 Å². The minimum absolute atomic E-state index is 0.0368. The summed E-state index contributed by atoms with van der Waals surface area (Å²) >= 11 is 0. The van der Waals surface area contributed by atoms with Crippen LogP contribution in [-0.2, 0) is 0 Å². The van der Waals surface area contributed by atoms with Gasteiger partial charge in [0.25, 0.3) is 0 Å². The zero-order valence-electron chi connectivity index (χ0n) is 7.29. The van der Waals surface area contributed by atoms with Crippen LogP contribution in [0.4, 0.5) is 5.69 Å². The van der Waals surface area contributed by atoms with E-state index in [2.05, 4.69) is 4.98 Å². The smallest absolute Gasteiger partial charge is 0.175 e. The standard InChI is InChI=1S/C10H10N2O/c1-6(13)10-5-7-4-8(11)2-3-9(7)12-10/h2-5,12H,11H2,1H3. The van der Waals surface area contributed by atoms with Crippen LogP contribution in [0, 0.1) is 0 Å². The lowest BCUT2D eigenvalue weighted by Crippen LogP contribution is -1.89. The van der Waals surface area contributed by atoms with E-state index in [-0.39, 0.29) is 5.78 Å². The van der Waals surface area contributed by atoms with Crippen LogP contribution in [-0.4, -0.2) is 10.8 Å². The number of hydrogen-bond acceptors (Lipinski definition) is 2. The lowest BCUT2D eigenvalue weighted by molar-refractivity contribution is 0.101. The topological polar surface area (TPSA) is 58.9 Å². The predicted octanol–water partition coefficient (Wildman–Crippen LogP) is 1.95. The second-order valence-electron chi connectivity index (χ2n) is 3.09. The Hall–Kier alpha value is -1.77. The summed E-state index contributed by atoms with van der Waals surface area (Å²) in [6.45, 7) is 1.54. The Morgan fingerprint density at radius 2 is 2.15 bits per heavy atom. The molecule has 13 heavy (non-hydrogen) atoms. The van der Waals surface area contributed by atoms with Gasteiger partial charge in [0.15, 0.2) is 5.78 Å². The fraction of sp³-hybridized carbons (Fsp3) is 0.100. The molecular weight excluding hydrogens is 164 g/mol. The van der Waals surface area contributed by atoms with E-state index in [0.717, 1.165) is 10.9 Å². The summed E-state index contributed by atoms with van der Waals surface area (Å²) in [5.74, 6) is 0.0368. The third-order valence-electron chi connectivity index (χ3n) is 2.02. The summed E-state index contributed by atoms with van der Waals surface area (Å²) in [7, 11) is 0. The lowest BCUT2D eigenvalue weighted by Gasteiger charge is -1.90. The van der Waals surface area contributed by atoms with Crippen molar-refractivity contribution in [2.45, 2.75) is 6.92 Å². The van der Waals surface area contributed by atoms with Gasteiger partial charge in [0, 0.05) is 23.5 Å². The number of carbonyl (C=O) groups excluding carboxylic acids is 1. The minimum Gasteiger partial charge on any atom is -0.399 e. The molecule has 3 nitrogen and oxygen atoms in total. The minimum atomic E-state index is 0.0368. The number of rotatable bonds is 1. The number of nitrogens with one attached hydrogen (secondary N) is 1. The van der Waals surface area contributed by atoms with Crippen molar-refractivity contribution in [3.8, 4) is 0 Å². The Kier molecular flexibility index (Phi) is 1.59. The van der Waals surface area contributed by atoms with E-state index in [4.69, 9.17) is 5.73 Å². The number of aromatic amines is 1. The molecule has 2 rings (SSSR count). The third-order valence-corrected chi connectivity index (χ3v) is 2.02. The number of benzene rings is 1. The van der Waals surface area contributed by atoms with Crippen molar-refractivity contribution in [2.24, 2.45) is 0 Å². The van der Waals surface area contributed by atoms with E-state index in [1.54, 1.807) is 0 Å². The monoisotopic (exact) mass is 174 g/mol. The van der Waals surface area contributed by atoms with Crippen LogP contribution in [0.2, 0.25) is 0 Å². The fourth-order valence-electron chi connectivity index (χ4n) is 1.34. The highest BCUT2D eigenvalue weighted by atomic mass is 16.1. The molecule has 0 aliphatic rings. The molecule has 66 valence electrons. The molecule has 2 aromatic rings. The number of anilines is 1. The van der Waals surface area contributed by atoms with Gasteiger partial charge in [-0.1, -0.05) is 0 Å². The number of hydrogen-bond donors (Lipinski definition) is 2. The molecule has 0 aliphatic heterocycles. The highest BCUT2D eigenvalue weighted by Gasteiger charge is 2.03. The Balaban J connectivity index is 2.68. The van der Waals surface area contributed by atoms with Crippen molar-refractivity contribution < 1.29 is 4.79 Å². The molecule has 3 N–H and O–H groups in total. The number of nitrogens with two attached hydrogens (primary N) is 1. The number of nitrogen functional groups attached to an aromatic ring is 1. The van der Waals surface area contributed by atoms with Crippen LogP contribution in [0.15, 0.2) is 24.3 Å². The van der Waals surface area contributed by atoms with Gasteiger partial charge in [-0.15, -0.1) is 0 Å². The molecule has 0 amide bonds. The van der Waals surface area contributed by atoms with E-state index in [9.17, 15) is 4.79 Å². The Labute approximate surface area is 75.6 Å². The second-order valence-corrected chi connectivity index (χ2v) is 3.09. The number of ketones is 1. The summed E-state index contributed by atoms with van der Waals surface area (Å²) in [6.07, 6.45) is 0. The predicted molar refractivity (Wildman–Crippen MR) is 52.7 cm³/mol. The average molecular weight is 174 g/mol. The molecule has 0 aliphatic carbocycles. The van der Waals surface area contributed by atoms with Crippen molar-refractivity contribution in [1.29, 1.82) is 0 Å². The van der Waals surface area contributed by atoms with Crippen molar-refractivity contribution in [3.05, 3.63) is 30.0 Å². The molecule has 3 heteroatoms. The first-order chi connectivity index (χ1) is 6.16. The van der Waals surface area contributed by atoms with Crippen molar-refractivity contribution >= 4 is 22.4 Å². The van der Waals surface area contributed by atoms with Gasteiger partial charge in [0.05, 0.1) is 5.69 Å². The molecule has 1 aromatic carbocycles. The number of aromatic nitrogens is 1. The first-order valence-electron chi connectivity index (χ1n) is 4.06. The molecule has 1 heterocycles. The van der Waals surface area contributed by atoms with Crippen molar-refractivity contribution in [3.63, 3.8) is 0 Å². The van der Waals surface area contributed by atoms with Gasteiger partial charge in [0.2, 0.25) is 0 Å². The number of carbonyl (C=O) groups is 1. The van der Waals surface area contributed by atoms with Gasteiger partial charge in [-0.05, 0) is 24.3 Å². The van der Waals surface area contributed by atoms with E-state index < -0.39 is 0 Å². The number of Topliss-reactive ketones (excluding diaryl/α,β-unsaturated/α-hetero) is 1. The summed E-state index contributed by atoms with van der Waals surface area (Å²) in [5, 5.41) is 0.977. The number of H-pyrrole nitrogens is 1. The molecule has 0 fully saturated rings. The maximum atomic E-state index is 11.0. The summed E-state index contributed by atoms with van der Waals surface area (Å²) in [5.41, 5.74) is 7.89. The van der Waals surface area contributed by atoms with Crippen LogP contribution in [0.5, 0.6) is 0 Å². The Bertz CT molecular complexity index is 471. The summed E-state index contributed by atoms with van der Waals surface area (Å²) in [4.78, 5) is 14.1. The molecule has 0 bridgehead atoms. The van der Waals surface area contributed by atoms with Crippen LogP contribution >= 0.6 is 0 Å². The Morgan fingerprint density at radius 1 is 1.38 bits per heavy atom. The molecule has 0 atom stereocenters. The molecule has 0 spiro atoms. The largest absolute Gasteiger partial charge is 0.399 e. The molecule has 1 aromatic heterocycles. The SMILES string of the molecule is CC(=O)c1cc2cc(N)ccc2[nH]1. The highest BCUT2D eigenvalue weighted by molar-refractivity contribution is 5.98. The first kappa shape index (κ1) is 7.86. The van der Waals surface area contributed by atoms with E-state index in [1.165, 1.54) is 6.92 Å². The number of fused-ring (bicyclic) bond motifs is 1. The fourth-order valence-corrected chi connectivity index (χ4v) is 1.34.